The van der Waals surface area contributed by atoms with Gasteiger partial charge >= 0.3 is 0 Å². The summed E-state index contributed by atoms with van der Waals surface area (Å²) >= 11 is 1.61. The molecule has 0 saturated carbocycles. The van der Waals surface area contributed by atoms with Gasteiger partial charge < -0.3 is 10.5 Å². The highest BCUT2D eigenvalue weighted by atomic mass is 32.1. The summed E-state index contributed by atoms with van der Waals surface area (Å²) in [5, 5.41) is 9.19. The second-order valence-corrected chi connectivity index (χ2v) is 4.82. The van der Waals surface area contributed by atoms with Crippen LogP contribution in [0.25, 0.3) is 0 Å². The van der Waals surface area contributed by atoms with Crippen LogP contribution in [0.2, 0.25) is 0 Å². The minimum Gasteiger partial charge on any atom is -0.384 e. The Labute approximate surface area is 109 Å². The predicted molar refractivity (Wildman–Crippen MR) is 70.2 cm³/mol. The summed E-state index contributed by atoms with van der Waals surface area (Å²) in [5.41, 5.74) is 6.14. The Balaban J connectivity index is 1.95. The van der Waals surface area contributed by atoms with Gasteiger partial charge in [-0.2, -0.15) is 0 Å². The van der Waals surface area contributed by atoms with E-state index in [4.69, 9.17) is 15.9 Å². The Hall–Kier alpha value is -1.72. The molecule has 0 amide bonds. The Morgan fingerprint density at radius 1 is 1.33 bits per heavy atom. The van der Waals surface area contributed by atoms with Gasteiger partial charge in [0, 0.05) is 16.0 Å². The predicted octanol–water partition coefficient (Wildman–Crippen LogP) is 2.89. The summed E-state index contributed by atoms with van der Waals surface area (Å²) in [4.78, 5) is 1.11. The monoisotopic (exact) mass is 264 g/mol. The van der Waals surface area contributed by atoms with E-state index in [1.165, 1.54) is 6.07 Å². The van der Waals surface area contributed by atoms with Gasteiger partial charge in [0.2, 0.25) is 0 Å². The Bertz CT molecular complexity index is 540. The molecule has 0 aliphatic carbocycles. The Morgan fingerprint density at radius 2 is 2.17 bits per heavy atom. The van der Waals surface area contributed by atoms with E-state index in [0.717, 1.165) is 4.88 Å². The molecule has 1 aromatic heterocycles. The van der Waals surface area contributed by atoms with Crippen LogP contribution in [0.3, 0.4) is 0 Å². The molecule has 5 heteroatoms. The van der Waals surface area contributed by atoms with E-state index in [2.05, 4.69) is 0 Å². The zero-order valence-corrected chi connectivity index (χ0v) is 10.5. The minimum atomic E-state index is -0.395. The summed E-state index contributed by atoms with van der Waals surface area (Å²) in [7, 11) is 0. The number of ether oxygens (including phenoxy) is 1. The van der Waals surface area contributed by atoms with Crippen LogP contribution in [0.1, 0.15) is 16.0 Å². The molecule has 94 valence electrons. The average Bonchev–Trinajstić information content (AvgIpc) is 2.84. The maximum atomic E-state index is 13.6. The van der Waals surface area contributed by atoms with Gasteiger partial charge in [0.25, 0.3) is 0 Å². The van der Waals surface area contributed by atoms with E-state index >= 15 is 0 Å². The van der Waals surface area contributed by atoms with Crippen LogP contribution in [-0.4, -0.2) is 5.84 Å². The number of halogens is 1. The summed E-state index contributed by atoms with van der Waals surface area (Å²) in [6, 6.07) is 8.40. The molecule has 3 nitrogen and oxygen atoms in total. The molecule has 0 aliphatic heterocycles. The molecule has 3 N–H and O–H groups in total. The first-order chi connectivity index (χ1) is 8.66. The van der Waals surface area contributed by atoms with Crippen LogP contribution in [0.5, 0.6) is 0 Å². The number of rotatable bonds is 5. The second-order valence-electron chi connectivity index (χ2n) is 3.79. The van der Waals surface area contributed by atoms with Crippen LogP contribution < -0.4 is 5.73 Å². The molecule has 2 rings (SSSR count). The van der Waals surface area contributed by atoms with Gasteiger partial charge in [-0.1, -0.05) is 18.2 Å². The SMILES string of the molecule is N=C(N)c1ccc(COCc2cccs2)c(F)c1. The fourth-order valence-electron chi connectivity index (χ4n) is 1.49. The molecule has 0 unspecified atom stereocenters. The zero-order chi connectivity index (χ0) is 13.0. The lowest BCUT2D eigenvalue weighted by molar-refractivity contribution is 0.107. The number of nitrogens with two attached hydrogens (primary N) is 1. The molecule has 18 heavy (non-hydrogen) atoms. The summed E-state index contributed by atoms with van der Waals surface area (Å²) < 4.78 is 19.1. The fraction of sp³-hybridized carbons (Fsp3) is 0.154. The van der Waals surface area contributed by atoms with Gasteiger partial charge in [0.1, 0.15) is 11.7 Å². The fourth-order valence-corrected chi connectivity index (χ4v) is 2.13. The van der Waals surface area contributed by atoms with Gasteiger partial charge in [-0.15, -0.1) is 11.3 Å². The third kappa shape index (κ3) is 3.15. The van der Waals surface area contributed by atoms with Crippen LogP contribution in [0.4, 0.5) is 4.39 Å². The van der Waals surface area contributed by atoms with Crippen molar-refractivity contribution in [2.75, 3.05) is 0 Å². The zero-order valence-electron chi connectivity index (χ0n) is 9.65. The van der Waals surface area contributed by atoms with Gasteiger partial charge in [-0.05, 0) is 17.5 Å². The first-order valence-electron chi connectivity index (χ1n) is 5.40. The first-order valence-corrected chi connectivity index (χ1v) is 6.27. The number of nitrogen functional groups attached to an aromatic ring is 1. The molecule has 1 heterocycles. The molecule has 0 saturated heterocycles. The van der Waals surface area contributed by atoms with Crippen molar-refractivity contribution < 1.29 is 9.13 Å². The van der Waals surface area contributed by atoms with Gasteiger partial charge in [0.15, 0.2) is 0 Å². The van der Waals surface area contributed by atoms with Crippen LogP contribution in [0, 0.1) is 11.2 Å². The van der Waals surface area contributed by atoms with Crippen LogP contribution >= 0.6 is 11.3 Å². The van der Waals surface area contributed by atoms with Crippen molar-refractivity contribution >= 4 is 17.2 Å². The number of thiophene rings is 1. The van der Waals surface area contributed by atoms with E-state index in [9.17, 15) is 4.39 Å². The van der Waals surface area contributed by atoms with Crippen molar-refractivity contribution in [3.63, 3.8) is 0 Å². The average molecular weight is 264 g/mol. The van der Waals surface area contributed by atoms with Gasteiger partial charge in [0.05, 0.1) is 13.2 Å². The number of amidine groups is 1. The van der Waals surface area contributed by atoms with E-state index < -0.39 is 5.82 Å². The maximum Gasteiger partial charge on any atom is 0.129 e. The highest BCUT2D eigenvalue weighted by Crippen LogP contribution is 2.14. The maximum absolute atomic E-state index is 13.6. The summed E-state index contributed by atoms with van der Waals surface area (Å²) in [5.74, 6) is -0.533. The van der Waals surface area contributed by atoms with Gasteiger partial charge in [-0.3, -0.25) is 5.41 Å². The highest BCUT2D eigenvalue weighted by molar-refractivity contribution is 7.09. The lowest BCUT2D eigenvalue weighted by Gasteiger charge is -2.06. The third-order valence-corrected chi connectivity index (χ3v) is 3.30. The lowest BCUT2D eigenvalue weighted by atomic mass is 10.1. The topological polar surface area (TPSA) is 59.1 Å². The molecule has 2 aromatic rings. The smallest absolute Gasteiger partial charge is 0.129 e. The standard InChI is InChI=1S/C13H13FN2OS/c14-12-6-9(13(15)16)3-4-10(12)7-17-8-11-2-1-5-18-11/h1-6H,7-8H2,(H3,15,16). The molecule has 0 aliphatic rings. The van der Waals surface area contributed by atoms with Crippen molar-refractivity contribution in [1.29, 1.82) is 5.41 Å². The quantitative estimate of drug-likeness (QED) is 0.644. The number of hydrogen-bond donors (Lipinski definition) is 2. The van der Waals surface area contributed by atoms with Crippen LogP contribution in [0.15, 0.2) is 35.7 Å². The van der Waals surface area contributed by atoms with Gasteiger partial charge in [-0.25, -0.2) is 4.39 Å². The van der Waals surface area contributed by atoms with Crippen molar-refractivity contribution in [2.45, 2.75) is 13.2 Å². The lowest BCUT2D eigenvalue weighted by Crippen LogP contribution is -2.11. The molecule has 0 bridgehead atoms. The number of hydrogen-bond acceptors (Lipinski definition) is 3. The molecule has 0 radical (unpaired) electrons. The van der Waals surface area contributed by atoms with E-state index in [1.54, 1.807) is 23.5 Å². The van der Waals surface area contributed by atoms with Crippen molar-refractivity contribution in [3.05, 3.63) is 57.5 Å². The molecule has 0 spiro atoms. The summed E-state index contributed by atoms with van der Waals surface area (Å²) in [6.07, 6.45) is 0. The third-order valence-electron chi connectivity index (χ3n) is 2.45. The van der Waals surface area contributed by atoms with E-state index in [0.29, 0.717) is 17.7 Å². The normalized spacial score (nSPS) is 10.5. The Kier molecular flexibility index (Phi) is 4.07. The van der Waals surface area contributed by atoms with E-state index in [-0.39, 0.29) is 12.4 Å². The second kappa shape index (κ2) is 5.75. The van der Waals surface area contributed by atoms with Crippen molar-refractivity contribution in [3.8, 4) is 0 Å². The molecular formula is C13H13FN2OS. The van der Waals surface area contributed by atoms with Crippen molar-refractivity contribution in [1.82, 2.24) is 0 Å². The largest absolute Gasteiger partial charge is 0.384 e. The first kappa shape index (κ1) is 12.7. The van der Waals surface area contributed by atoms with E-state index in [1.807, 2.05) is 17.5 Å². The molecule has 0 fully saturated rings. The number of nitrogens with one attached hydrogen (secondary N) is 1. The molecule has 0 atom stereocenters. The van der Waals surface area contributed by atoms with Crippen molar-refractivity contribution in [2.24, 2.45) is 5.73 Å². The Morgan fingerprint density at radius 3 is 2.78 bits per heavy atom. The molecule has 1 aromatic carbocycles. The summed E-state index contributed by atoms with van der Waals surface area (Å²) in [6.45, 7) is 0.688. The minimum absolute atomic E-state index is 0.139. The number of benzene rings is 1. The highest BCUT2D eigenvalue weighted by Gasteiger charge is 2.05. The van der Waals surface area contributed by atoms with Crippen LogP contribution in [-0.2, 0) is 18.0 Å². The molecular weight excluding hydrogens is 251 g/mol.